The van der Waals surface area contributed by atoms with E-state index < -0.39 is 0 Å². The maximum atomic E-state index is 5.63. The first-order valence-corrected chi connectivity index (χ1v) is 6.03. The molecular formula is C14H17N3O2. The van der Waals surface area contributed by atoms with Crippen molar-refractivity contribution in [2.24, 2.45) is 0 Å². The van der Waals surface area contributed by atoms with Crippen LogP contribution in [0.25, 0.3) is 0 Å². The van der Waals surface area contributed by atoms with Crippen molar-refractivity contribution in [3.63, 3.8) is 0 Å². The molecule has 0 radical (unpaired) electrons. The Morgan fingerprint density at radius 2 is 1.89 bits per heavy atom. The lowest BCUT2D eigenvalue weighted by molar-refractivity contribution is 0.180. The molecule has 1 aromatic heterocycles. The Morgan fingerprint density at radius 1 is 1.11 bits per heavy atom. The Bertz CT molecular complexity index is 517. The van der Waals surface area contributed by atoms with Gasteiger partial charge in [-0.15, -0.1) is 0 Å². The van der Waals surface area contributed by atoms with Gasteiger partial charge in [-0.2, -0.15) is 0 Å². The molecule has 0 aliphatic rings. The van der Waals surface area contributed by atoms with Crippen LogP contribution in [0.2, 0.25) is 0 Å². The standard InChI is InChI=1S/C14H17N3O2/c1-15-13-8-11(9-18-2)16-14(17-13)10-19-12-6-4-3-5-7-12/h3-8H,9-10H2,1-2H3,(H,15,16,17). The van der Waals surface area contributed by atoms with Crippen LogP contribution in [0.1, 0.15) is 11.5 Å². The predicted octanol–water partition coefficient (Wildman–Crippen LogP) is 2.24. The topological polar surface area (TPSA) is 56.3 Å². The maximum absolute atomic E-state index is 5.63. The summed E-state index contributed by atoms with van der Waals surface area (Å²) < 4.78 is 10.7. The smallest absolute Gasteiger partial charge is 0.168 e. The number of anilines is 1. The van der Waals surface area contributed by atoms with Crippen molar-refractivity contribution in [3.05, 3.63) is 47.9 Å². The lowest BCUT2D eigenvalue weighted by atomic mass is 10.3. The van der Waals surface area contributed by atoms with Gasteiger partial charge in [0, 0.05) is 20.2 Å². The first-order valence-electron chi connectivity index (χ1n) is 6.03. The first kappa shape index (κ1) is 13.3. The molecule has 19 heavy (non-hydrogen) atoms. The largest absolute Gasteiger partial charge is 0.486 e. The zero-order valence-corrected chi connectivity index (χ0v) is 11.1. The molecule has 0 atom stereocenters. The van der Waals surface area contributed by atoms with E-state index in [0.29, 0.717) is 19.0 Å². The molecule has 100 valence electrons. The number of aromatic nitrogens is 2. The fourth-order valence-corrected chi connectivity index (χ4v) is 1.63. The quantitative estimate of drug-likeness (QED) is 0.862. The van der Waals surface area contributed by atoms with Crippen molar-refractivity contribution in [2.75, 3.05) is 19.5 Å². The summed E-state index contributed by atoms with van der Waals surface area (Å²) in [5, 5.41) is 3.00. The van der Waals surface area contributed by atoms with Crippen LogP contribution < -0.4 is 10.1 Å². The summed E-state index contributed by atoms with van der Waals surface area (Å²) in [7, 11) is 3.46. The molecule has 5 heteroatoms. The average Bonchev–Trinajstić information content (AvgIpc) is 2.46. The summed E-state index contributed by atoms with van der Waals surface area (Å²) >= 11 is 0. The van der Waals surface area contributed by atoms with E-state index >= 15 is 0 Å². The van der Waals surface area contributed by atoms with Gasteiger partial charge in [0.05, 0.1) is 12.3 Å². The Labute approximate surface area is 112 Å². The van der Waals surface area contributed by atoms with E-state index in [4.69, 9.17) is 9.47 Å². The molecular weight excluding hydrogens is 242 g/mol. The minimum atomic E-state index is 0.330. The predicted molar refractivity (Wildman–Crippen MR) is 73.1 cm³/mol. The van der Waals surface area contributed by atoms with Gasteiger partial charge in [-0.05, 0) is 12.1 Å². The molecule has 0 aliphatic heterocycles. The van der Waals surface area contributed by atoms with Crippen LogP contribution in [0.15, 0.2) is 36.4 Å². The number of nitrogens with one attached hydrogen (secondary N) is 1. The Balaban J connectivity index is 2.08. The number of ether oxygens (including phenoxy) is 2. The summed E-state index contributed by atoms with van der Waals surface area (Å²) in [5.41, 5.74) is 0.827. The molecule has 0 spiro atoms. The molecule has 1 N–H and O–H groups in total. The van der Waals surface area contributed by atoms with E-state index in [0.717, 1.165) is 17.3 Å². The molecule has 2 rings (SSSR count). The minimum absolute atomic E-state index is 0.330. The van der Waals surface area contributed by atoms with Gasteiger partial charge < -0.3 is 14.8 Å². The van der Waals surface area contributed by atoms with E-state index in [-0.39, 0.29) is 0 Å². The lowest BCUT2D eigenvalue weighted by Crippen LogP contribution is -2.07. The van der Waals surface area contributed by atoms with E-state index in [2.05, 4.69) is 15.3 Å². The average molecular weight is 259 g/mol. The number of nitrogens with zero attached hydrogens (tertiary/aromatic N) is 2. The molecule has 0 fully saturated rings. The summed E-state index contributed by atoms with van der Waals surface area (Å²) in [4.78, 5) is 8.73. The molecule has 2 aromatic rings. The number of hydrogen-bond donors (Lipinski definition) is 1. The van der Waals surface area contributed by atoms with Crippen LogP contribution in [0.5, 0.6) is 5.75 Å². The van der Waals surface area contributed by atoms with Gasteiger partial charge >= 0.3 is 0 Å². The van der Waals surface area contributed by atoms with Crippen molar-refractivity contribution >= 4 is 5.82 Å². The maximum Gasteiger partial charge on any atom is 0.168 e. The molecule has 0 saturated carbocycles. The van der Waals surface area contributed by atoms with Crippen LogP contribution in [0.3, 0.4) is 0 Å². The molecule has 0 saturated heterocycles. The summed E-state index contributed by atoms with van der Waals surface area (Å²) in [6, 6.07) is 11.5. The number of benzene rings is 1. The van der Waals surface area contributed by atoms with Gasteiger partial charge in [-0.1, -0.05) is 18.2 Å². The number of methoxy groups -OCH3 is 1. The van der Waals surface area contributed by atoms with E-state index in [9.17, 15) is 0 Å². The van der Waals surface area contributed by atoms with Crippen LogP contribution in [-0.4, -0.2) is 24.1 Å². The van der Waals surface area contributed by atoms with Gasteiger partial charge in [0.15, 0.2) is 5.82 Å². The SMILES string of the molecule is CNc1cc(COC)nc(COc2ccccc2)n1. The normalized spacial score (nSPS) is 10.2. The number of rotatable bonds is 6. The third kappa shape index (κ3) is 3.93. The second-order valence-electron chi connectivity index (χ2n) is 3.95. The van der Waals surface area contributed by atoms with Gasteiger partial charge in [-0.25, -0.2) is 9.97 Å². The van der Waals surface area contributed by atoms with Crippen molar-refractivity contribution in [1.82, 2.24) is 9.97 Å². The number of para-hydroxylation sites is 1. The first-order chi connectivity index (χ1) is 9.31. The van der Waals surface area contributed by atoms with Crippen LogP contribution in [0, 0.1) is 0 Å². The zero-order valence-electron chi connectivity index (χ0n) is 11.1. The summed E-state index contributed by atoms with van der Waals surface area (Å²) in [6.07, 6.45) is 0. The number of hydrogen-bond acceptors (Lipinski definition) is 5. The highest BCUT2D eigenvalue weighted by molar-refractivity contribution is 5.35. The van der Waals surface area contributed by atoms with Gasteiger partial charge in [0.25, 0.3) is 0 Å². The van der Waals surface area contributed by atoms with Gasteiger partial charge in [0.2, 0.25) is 0 Å². The second-order valence-corrected chi connectivity index (χ2v) is 3.95. The lowest BCUT2D eigenvalue weighted by Gasteiger charge is -2.08. The third-order valence-corrected chi connectivity index (χ3v) is 2.49. The highest BCUT2D eigenvalue weighted by Crippen LogP contribution is 2.12. The summed E-state index contributed by atoms with van der Waals surface area (Å²) in [5.74, 6) is 2.19. The Kier molecular flexibility index (Phi) is 4.69. The van der Waals surface area contributed by atoms with Gasteiger partial charge in [-0.3, -0.25) is 0 Å². The van der Waals surface area contributed by atoms with Crippen LogP contribution in [0.4, 0.5) is 5.82 Å². The third-order valence-electron chi connectivity index (χ3n) is 2.49. The molecule has 0 unspecified atom stereocenters. The molecule has 1 aromatic carbocycles. The highest BCUT2D eigenvalue weighted by atomic mass is 16.5. The molecule has 5 nitrogen and oxygen atoms in total. The van der Waals surface area contributed by atoms with Crippen LogP contribution in [-0.2, 0) is 18.0 Å². The minimum Gasteiger partial charge on any atom is -0.486 e. The zero-order chi connectivity index (χ0) is 13.5. The van der Waals surface area contributed by atoms with Crippen molar-refractivity contribution in [3.8, 4) is 5.75 Å². The Morgan fingerprint density at radius 3 is 2.58 bits per heavy atom. The van der Waals surface area contributed by atoms with E-state index in [1.165, 1.54) is 0 Å². The molecule has 0 bridgehead atoms. The highest BCUT2D eigenvalue weighted by Gasteiger charge is 2.04. The van der Waals surface area contributed by atoms with Crippen molar-refractivity contribution in [2.45, 2.75) is 13.2 Å². The van der Waals surface area contributed by atoms with Crippen LogP contribution >= 0.6 is 0 Å². The molecule has 0 aliphatic carbocycles. The molecule has 0 amide bonds. The van der Waals surface area contributed by atoms with Gasteiger partial charge in [0.1, 0.15) is 18.2 Å². The van der Waals surface area contributed by atoms with E-state index in [1.54, 1.807) is 7.11 Å². The molecule has 1 heterocycles. The fourth-order valence-electron chi connectivity index (χ4n) is 1.63. The van der Waals surface area contributed by atoms with Crippen molar-refractivity contribution in [1.29, 1.82) is 0 Å². The fraction of sp³-hybridized carbons (Fsp3) is 0.286. The monoisotopic (exact) mass is 259 g/mol. The van der Waals surface area contributed by atoms with E-state index in [1.807, 2.05) is 43.4 Å². The van der Waals surface area contributed by atoms with Crippen molar-refractivity contribution < 1.29 is 9.47 Å². The second kappa shape index (κ2) is 6.70. The Hall–Kier alpha value is -2.14. The summed E-state index contributed by atoms with van der Waals surface area (Å²) in [6.45, 7) is 0.784.